The predicted molar refractivity (Wildman–Crippen MR) is 119 cm³/mol. The summed E-state index contributed by atoms with van der Waals surface area (Å²) in [7, 11) is 4.43. The molecule has 0 radical (unpaired) electrons. The van der Waals surface area contributed by atoms with Crippen molar-refractivity contribution < 1.29 is 4.39 Å². The number of anilines is 1. The van der Waals surface area contributed by atoms with Crippen molar-refractivity contribution in [2.24, 2.45) is 11.8 Å². The second-order valence-corrected chi connectivity index (χ2v) is 9.53. The molecule has 2 aliphatic heterocycles. The van der Waals surface area contributed by atoms with E-state index in [9.17, 15) is 4.39 Å². The Kier molecular flexibility index (Phi) is 5.50. The summed E-state index contributed by atoms with van der Waals surface area (Å²) in [5, 5.41) is 0. The number of hydrogen-bond donors (Lipinski definition) is 0. The van der Waals surface area contributed by atoms with E-state index in [1.807, 2.05) is 18.3 Å². The summed E-state index contributed by atoms with van der Waals surface area (Å²) < 4.78 is 14.7. The van der Waals surface area contributed by atoms with Crippen molar-refractivity contribution in [2.75, 3.05) is 45.2 Å². The van der Waals surface area contributed by atoms with Crippen LogP contribution < -0.4 is 4.90 Å². The van der Waals surface area contributed by atoms with Gasteiger partial charge in [0.2, 0.25) is 0 Å². The number of halogens is 1. The Bertz CT molecular complexity index is 863. The first kappa shape index (κ1) is 20.0. The highest BCUT2D eigenvalue weighted by atomic mass is 19.1. The summed E-state index contributed by atoms with van der Waals surface area (Å²) in [6.07, 6.45) is 6.39. The number of likely N-dealkylation sites (tertiary alicyclic amines) is 1. The second-order valence-electron chi connectivity index (χ2n) is 9.53. The van der Waals surface area contributed by atoms with Gasteiger partial charge in [-0.1, -0.05) is 18.2 Å². The van der Waals surface area contributed by atoms with Crippen molar-refractivity contribution in [1.82, 2.24) is 14.8 Å². The Balaban J connectivity index is 1.29. The minimum atomic E-state index is -0.0106. The molecule has 3 aliphatic rings. The third-order valence-electron chi connectivity index (χ3n) is 7.75. The van der Waals surface area contributed by atoms with E-state index in [0.717, 1.165) is 56.3 Å². The van der Waals surface area contributed by atoms with Crippen LogP contribution in [0.1, 0.15) is 36.4 Å². The summed E-state index contributed by atoms with van der Waals surface area (Å²) in [5.41, 5.74) is 2.19. The molecule has 1 aliphatic carbocycles. The number of aromatic nitrogens is 1. The van der Waals surface area contributed by atoms with Gasteiger partial charge in [-0.2, -0.15) is 0 Å². The van der Waals surface area contributed by atoms with Gasteiger partial charge in [-0.25, -0.2) is 9.37 Å². The first-order valence-electron chi connectivity index (χ1n) is 11.5. The van der Waals surface area contributed by atoms with Crippen LogP contribution in [0.25, 0.3) is 0 Å². The van der Waals surface area contributed by atoms with Gasteiger partial charge in [-0.3, -0.25) is 4.90 Å². The van der Waals surface area contributed by atoms with Crippen LogP contribution >= 0.6 is 0 Å². The number of fused-ring (bicyclic) bond motifs is 1. The maximum atomic E-state index is 14.7. The lowest BCUT2D eigenvalue weighted by atomic mass is 9.81. The highest BCUT2D eigenvalue weighted by molar-refractivity contribution is 5.38. The van der Waals surface area contributed by atoms with E-state index in [1.165, 1.54) is 18.4 Å². The topological polar surface area (TPSA) is 22.6 Å². The molecule has 2 fully saturated rings. The Morgan fingerprint density at radius 2 is 1.83 bits per heavy atom. The maximum Gasteiger partial charge on any atom is 0.128 e. The molecule has 160 valence electrons. The molecule has 2 saturated heterocycles. The number of aryl methyl sites for hydroxylation is 1. The average molecular weight is 409 g/mol. The van der Waals surface area contributed by atoms with Gasteiger partial charge in [0.1, 0.15) is 11.6 Å². The van der Waals surface area contributed by atoms with Gasteiger partial charge in [0.15, 0.2) is 0 Å². The van der Waals surface area contributed by atoms with Gasteiger partial charge >= 0.3 is 0 Å². The van der Waals surface area contributed by atoms with Crippen molar-refractivity contribution >= 4 is 5.82 Å². The predicted octanol–water partition coefficient (Wildman–Crippen LogP) is 3.99. The van der Waals surface area contributed by atoms with Crippen LogP contribution in [-0.4, -0.2) is 61.1 Å². The largest absolute Gasteiger partial charge is 0.357 e. The summed E-state index contributed by atoms with van der Waals surface area (Å²) in [4.78, 5) is 12.0. The minimum Gasteiger partial charge on any atom is -0.357 e. The fourth-order valence-corrected chi connectivity index (χ4v) is 6.18. The first-order valence-corrected chi connectivity index (χ1v) is 11.5. The zero-order valence-corrected chi connectivity index (χ0v) is 18.2. The van der Waals surface area contributed by atoms with Crippen molar-refractivity contribution in [3.8, 4) is 0 Å². The van der Waals surface area contributed by atoms with E-state index in [-0.39, 0.29) is 11.9 Å². The summed E-state index contributed by atoms with van der Waals surface area (Å²) in [5.74, 6) is 2.47. The zero-order chi connectivity index (χ0) is 20.7. The van der Waals surface area contributed by atoms with Crippen LogP contribution in [0.3, 0.4) is 0 Å². The fraction of sp³-hybridized carbons (Fsp3) is 0.560. The Labute approximate surface area is 179 Å². The zero-order valence-electron chi connectivity index (χ0n) is 18.2. The molecule has 30 heavy (non-hydrogen) atoms. The number of piperidine rings is 1. The molecule has 3 heterocycles. The van der Waals surface area contributed by atoms with Gasteiger partial charge in [0.05, 0.1) is 0 Å². The fourth-order valence-electron chi connectivity index (χ4n) is 6.18. The average Bonchev–Trinajstić information content (AvgIpc) is 3.40. The van der Waals surface area contributed by atoms with Crippen LogP contribution in [-0.2, 0) is 6.42 Å². The Morgan fingerprint density at radius 1 is 1.00 bits per heavy atom. The molecule has 0 saturated carbocycles. The van der Waals surface area contributed by atoms with E-state index in [0.29, 0.717) is 12.0 Å². The molecule has 1 aromatic carbocycles. The normalized spacial score (nSPS) is 27.7. The SMILES string of the molecule is CN(C)C1CN(C2CCc3cccc(F)c32)CC1C1CCN(c2ccccn2)CC1. The van der Waals surface area contributed by atoms with Crippen LogP contribution in [0, 0.1) is 17.7 Å². The standard InChI is InChI=1S/C25H33FN4/c1-28(2)23-17-30(22-10-9-19-6-5-7-21(26)25(19)22)16-20(23)18-11-14-29(15-12-18)24-8-3-4-13-27-24/h3-8,13,18,20,22-23H,9-12,14-17H2,1-2H3. The third-order valence-corrected chi connectivity index (χ3v) is 7.75. The molecule has 1 aromatic heterocycles. The molecule has 0 bridgehead atoms. The molecule has 5 rings (SSSR count). The van der Waals surface area contributed by atoms with E-state index in [1.54, 1.807) is 6.07 Å². The monoisotopic (exact) mass is 408 g/mol. The molecule has 0 spiro atoms. The van der Waals surface area contributed by atoms with Crippen LogP contribution in [0.15, 0.2) is 42.6 Å². The van der Waals surface area contributed by atoms with Crippen molar-refractivity contribution in [1.29, 1.82) is 0 Å². The molecule has 2 aromatic rings. The number of hydrogen-bond acceptors (Lipinski definition) is 4. The summed E-state index contributed by atoms with van der Waals surface area (Å²) in [6, 6.07) is 12.6. The van der Waals surface area contributed by atoms with E-state index in [4.69, 9.17) is 0 Å². The van der Waals surface area contributed by atoms with Gasteiger partial charge in [0.25, 0.3) is 0 Å². The number of benzene rings is 1. The third kappa shape index (κ3) is 3.63. The lowest BCUT2D eigenvalue weighted by molar-refractivity contribution is 0.178. The number of pyridine rings is 1. The molecular formula is C25H33FN4. The molecule has 3 atom stereocenters. The Morgan fingerprint density at radius 3 is 2.57 bits per heavy atom. The first-order chi connectivity index (χ1) is 14.6. The second kappa shape index (κ2) is 8.27. The lowest BCUT2D eigenvalue weighted by Gasteiger charge is -2.38. The number of likely N-dealkylation sites (N-methyl/N-ethyl adjacent to an activating group) is 1. The van der Waals surface area contributed by atoms with E-state index in [2.05, 4.69) is 52.0 Å². The van der Waals surface area contributed by atoms with Crippen LogP contribution in [0.2, 0.25) is 0 Å². The number of nitrogens with zero attached hydrogens (tertiary/aromatic N) is 4. The van der Waals surface area contributed by atoms with Gasteiger partial charge in [-0.05, 0) is 75.4 Å². The minimum absolute atomic E-state index is 0.0106. The molecule has 3 unspecified atom stereocenters. The van der Waals surface area contributed by atoms with Gasteiger partial charge in [0, 0.05) is 50.0 Å². The highest BCUT2D eigenvalue weighted by Gasteiger charge is 2.44. The smallest absolute Gasteiger partial charge is 0.128 e. The lowest BCUT2D eigenvalue weighted by Crippen LogP contribution is -2.43. The summed E-state index contributed by atoms with van der Waals surface area (Å²) in [6.45, 7) is 4.31. The van der Waals surface area contributed by atoms with Gasteiger partial charge < -0.3 is 9.80 Å². The maximum absolute atomic E-state index is 14.7. The van der Waals surface area contributed by atoms with Crippen LogP contribution in [0.5, 0.6) is 0 Å². The van der Waals surface area contributed by atoms with Gasteiger partial charge in [-0.15, -0.1) is 0 Å². The van der Waals surface area contributed by atoms with E-state index >= 15 is 0 Å². The van der Waals surface area contributed by atoms with Crippen molar-refractivity contribution in [2.45, 2.75) is 37.8 Å². The Hall–Kier alpha value is -1.98. The molecular weight excluding hydrogens is 375 g/mol. The highest BCUT2D eigenvalue weighted by Crippen LogP contribution is 2.43. The molecule has 0 amide bonds. The van der Waals surface area contributed by atoms with Crippen molar-refractivity contribution in [3.05, 3.63) is 59.5 Å². The van der Waals surface area contributed by atoms with E-state index < -0.39 is 0 Å². The number of rotatable bonds is 4. The van der Waals surface area contributed by atoms with Crippen LogP contribution in [0.4, 0.5) is 10.2 Å². The van der Waals surface area contributed by atoms with Crippen molar-refractivity contribution in [3.63, 3.8) is 0 Å². The summed E-state index contributed by atoms with van der Waals surface area (Å²) >= 11 is 0. The molecule has 4 nitrogen and oxygen atoms in total. The quantitative estimate of drug-likeness (QED) is 0.763. The molecule has 0 N–H and O–H groups in total. The molecule has 5 heteroatoms.